The van der Waals surface area contributed by atoms with Gasteiger partial charge in [0.05, 0.1) is 10.6 Å². The van der Waals surface area contributed by atoms with Crippen molar-refractivity contribution in [3.63, 3.8) is 0 Å². The Balaban J connectivity index is 1.76. The van der Waals surface area contributed by atoms with E-state index in [0.717, 1.165) is 9.87 Å². The van der Waals surface area contributed by atoms with Crippen LogP contribution < -0.4 is 9.62 Å². The third kappa shape index (κ3) is 7.82. The largest absolute Gasteiger partial charge is 0.354 e. The summed E-state index contributed by atoms with van der Waals surface area (Å²) in [4.78, 5) is 29.3. The lowest BCUT2D eigenvalue weighted by Crippen LogP contribution is -2.53. The highest BCUT2D eigenvalue weighted by atomic mass is 32.2. The minimum absolute atomic E-state index is 0.0236. The Kier molecular flexibility index (Phi) is 10.4. The number of para-hydroxylation sites is 1. The topological polar surface area (TPSA) is 86.8 Å². The van der Waals surface area contributed by atoms with Gasteiger partial charge in [-0.25, -0.2) is 12.8 Å². The second-order valence-electron chi connectivity index (χ2n) is 9.80. The van der Waals surface area contributed by atoms with Crippen LogP contribution in [0.15, 0.2) is 120 Å². The summed E-state index contributed by atoms with van der Waals surface area (Å²) >= 11 is 0. The lowest BCUT2D eigenvalue weighted by atomic mass is 10.0. The van der Waals surface area contributed by atoms with Crippen molar-refractivity contribution in [3.8, 4) is 0 Å². The van der Waals surface area contributed by atoms with E-state index in [1.54, 1.807) is 60.7 Å². The third-order valence-corrected chi connectivity index (χ3v) is 8.53. The number of carbonyl (C=O) groups is 2. The predicted octanol–water partition coefficient (Wildman–Crippen LogP) is 5.19. The maximum Gasteiger partial charge on any atom is 0.264 e. The normalized spacial score (nSPS) is 11.9. The smallest absolute Gasteiger partial charge is 0.264 e. The molecule has 1 unspecified atom stereocenters. The molecule has 0 bridgehead atoms. The molecule has 1 atom stereocenters. The van der Waals surface area contributed by atoms with Crippen LogP contribution in [0.4, 0.5) is 10.1 Å². The monoisotopic (exact) mass is 587 g/mol. The van der Waals surface area contributed by atoms with Crippen molar-refractivity contribution in [1.82, 2.24) is 10.2 Å². The second kappa shape index (κ2) is 14.4. The van der Waals surface area contributed by atoms with Crippen LogP contribution >= 0.6 is 0 Å². The van der Waals surface area contributed by atoms with Crippen LogP contribution in [0.2, 0.25) is 0 Å². The number of amides is 2. The fourth-order valence-electron chi connectivity index (χ4n) is 4.55. The van der Waals surface area contributed by atoms with Crippen LogP contribution in [0.3, 0.4) is 0 Å². The van der Waals surface area contributed by atoms with Crippen LogP contribution in [0.1, 0.15) is 24.5 Å². The number of nitrogens with one attached hydrogen (secondary N) is 1. The van der Waals surface area contributed by atoms with Gasteiger partial charge in [0.2, 0.25) is 11.8 Å². The third-order valence-electron chi connectivity index (χ3n) is 6.74. The number of benzene rings is 4. The summed E-state index contributed by atoms with van der Waals surface area (Å²) in [5.41, 5.74) is 1.75. The fourth-order valence-corrected chi connectivity index (χ4v) is 5.98. The molecule has 0 saturated heterocycles. The molecule has 2 amide bonds. The van der Waals surface area contributed by atoms with Crippen molar-refractivity contribution in [3.05, 3.63) is 132 Å². The first kappa shape index (κ1) is 30.5. The van der Waals surface area contributed by atoms with Gasteiger partial charge in [-0.1, -0.05) is 85.8 Å². The van der Waals surface area contributed by atoms with E-state index in [1.165, 1.54) is 29.2 Å². The first-order valence-corrected chi connectivity index (χ1v) is 15.2. The maximum absolute atomic E-state index is 14.3. The molecule has 0 aliphatic heterocycles. The molecule has 0 heterocycles. The Morgan fingerprint density at radius 2 is 1.36 bits per heavy atom. The highest BCUT2D eigenvalue weighted by Gasteiger charge is 2.34. The number of hydrogen-bond acceptors (Lipinski definition) is 4. The van der Waals surface area contributed by atoms with E-state index in [4.69, 9.17) is 0 Å². The van der Waals surface area contributed by atoms with Gasteiger partial charge in [-0.15, -0.1) is 0 Å². The van der Waals surface area contributed by atoms with Gasteiger partial charge in [0.25, 0.3) is 10.0 Å². The van der Waals surface area contributed by atoms with Gasteiger partial charge in [0.15, 0.2) is 0 Å². The van der Waals surface area contributed by atoms with Crippen molar-refractivity contribution in [2.24, 2.45) is 0 Å². The van der Waals surface area contributed by atoms with Gasteiger partial charge in [-0.2, -0.15) is 0 Å². The van der Waals surface area contributed by atoms with E-state index >= 15 is 0 Å². The number of carbonyl (C=O) groups excluding carboxylic acids is 2. The highest BCUT2D eigenvalue weighted by Crippen LogP contribution is 2.25. The van der Waals surface area contributed by atoms with E-state index in [0.29, 0.717) is 24.2 Å². The molecular weight excluding hydrogens is 553 g/mol. The summed E-state index contributed by atoms with van der Waals surface area (Å²) in [6, 6.07) is 30.3. The second-order valence-corrected chi connectivity index (χ2v) is 11.7. The number of sulfonamides is 1. The predicted molar refractivity (Wildman–Crippen MR) is 162 cm³/mol. The zero-order chi connectivity index (χ0) is 30.0. The van der Waals surface area contributed by atoms with Crippen molar-refractivity contribution in [2.45, 2.75) is 37.2 Å². The Bertz CT molecular complexity index is 1550. The summed E-state index contributed by atoms with van der Waals surface area (Å²) in [5, 5.41) is 2.90. The summed E-state index contributed by atoms with van der Waals surface area (Å²) in [6.45, 7) is 1.78. The average molecular weight is 588 g/mol. The van der Waals surface area contributed by atoms with Gasteiger partial charge < -0.3 is 10.2 Å². The molecule has 1 N–H and O–H groups in total. The van der Waals surface area contributed by atoms with Crippen molar-refractivity contribution >= 4 is 27.5 Å². The summed E-state index contributed by atoms with van der Waals surface area (Å²) in [5.74, 6) is -1.36. The van der Waals surface area contributed by atoms with Gasteiger partial charge >= 0.3 is 0 Å². The summed E-state index contributed by atoms with van der Waals surface area (Å²) in [6.07, 6.45) is 0.910. The lowest BCUT2D eigenvalue weighted by molar-refractivity contribution is -0.140. The van der Waals surface area contributed by atoms with Crippen molar-refractivity contribution < 1.29 is 22.4 Å². The van der Waals surface area contributed by atoms with Crippen LogP contribution in [0.25, 0.3) is 0 Å². The van der Waals surface area contributed by atoms with E-state index in [2.05, 4.69) is 5.32 Å². The minimum Gasteiger partial charge on any atom is -0.354 e. The van der Waals surface area contributed by atoms with Crippen molar-refractivity contribution in [1.29, 1.82) is 0 Å². The molecule has 0 aromatic heterocycles. The average Bonchev–Trinajstić information content (AvgIpc) is 3.02. The number of halogens is 1. The zero-order valence-electron chi connectivity index (χ0n) is 23.4. The molecule has 7 nitrogen and oxygen atoms in total. The Morgan fingerprint density at radius 3 is 1.95 bits per heavy atom. The standard InChI is InChI=1S/C33H34FN3O4S/c1-2-22-35-33(39)31(23-26-12-6-3-7-13-26)36(24-27-18-20-28(34)21-19-27)32(38)25-37(29-14-8-4-9-15-29)42(40,41)30-16-10-5-11-17-30/h3-21,31H,2,22-25H2,1H3,(H,35,39). The summed E-state index contributed by atoms with van der Waals surface area (Å²) in [7, 11) is -4.14. The molecule has 0 saturated carbocycles. The molecule has 0 radical (unpaired) electrons. The molecule has 4 aromatic carbocycles. The quantitative estimate of drug-likeness (QED) is 0.233. The molecule has 0 spiro atoms. The van der Waals surface area contributed by atoms with Gasteiger partial charge in [0.1, 0.15) is 18.4 Å². The molecule has 4 aromatic rings. The van der Waals surface area contributed by atoms with Crippen LogP contribution in [-0.4, -0.2) is 44.3 Å². The van der Waals surface area contributed by atoms with E-state index in [9.17, 15) is 22.4 Å². The Hall–Kier alpha value is -4.50. The number of rotatable bonds is 13. The zero-order valence-corrected chi connectivity index (χ0v) is 24.2. The fraction of sp³-hybridized carbons (Fsp3) is 0.212. The molecule has 4 rings (SSSR count). The van der Waals surface area contributed by atoms with Gasteiger partial charge in [-0.05, 0) is 53.9 Å². The highest BCUT2D eigenvalue weighted by molar-refractivity contribution is 7.92. The first-order chi connectivity index (χ1) is 20.3. The Morgan fingerprint density at radius 1 is 0.786 bits per heavy atom. The summed E-state index contributed by atoms with van der Waals surface area (Å²) < 4.78 is 42.5. The minimum atomic E-state index is -4.14. The first-order valence-electron chi connectivity index (χ1n) is 13.8. The van der Waals surface area contributed by atoms with Gasteiger partial charge in [-0.3, -0.25) is 13.9 Å². The molecule has 9 heteroatoms. The number of anilines is 1. The van der Waals surface area contributed by atoms with E-state index < -0.39 is 34.3 Å². The number of nitrogens with zero attached hydrogens (tertiary/aromatic N) is 2. The Labute approximate surface area is 246 Å². The maximum atomic E-state index is 14.3. The van der Waals surface area contributed by atoms with Crippen LogP contribution in [-0.2, 0) is 32.6 Å². The molecular formula is C33H34FN3O4S. The van der Waals surface area contributed by atoms with Gasteiger partial charge in [0, 0.05) is 19.5 Å². The molecule has 0 aliphatic rings. The molecule has 0 fully saturated rings. The van der Waals surface area contributed by atoms with E-state index in [1.807, 2.05) is 37.3 Å². The van der Waals surface area contributed by atoms with Crippen LogP contribution in [0.5, 0.6) is 0 Å². The molecule has 0 aliphatic carbocycles. The van der Waals surface area contributed by atoms with Crippen molar-refractivity contribution in [2.75, 3.05) is 17.4 Å². The molecule has 218 valence electrons. The SMILES string of the molecule is CCCNC(=O)C(Cc1ccccc1)N(Cc1ccc(F)cc1)C(=O)CN(c1ccccc1)S(=O)(=O)c1ccccc1. The molecule has 42 heavy (non-hydrogen) atoms. The number of hydrogen-bond donors (Lipinski definition) is 1. The van der Waals surface area contributed by atoms with Crippen LogP contribution in [0, 0.1) is 5.82 Å². The lowest BCUT2D eigenvalue weighted by Gasteiger charge is -2.34. The van der Waals surface area contributed by atoms with E-state index in [-0.39, 0.29) is 23.8 Å².